The molecule has 28 heavy (non-hydrogen) atoms. The van der Waals surface area contributed by atoms with Gasteiger partial charge in [-0.05, 0) is 40.2 Å². The third kappa shape index (κ3) is 4.39. The zero-order valence-corrected chi connectivity index (χ0v) is 17.9. The number of rotatable bonds is 5. The minimum absolute atomic E-state index is 0.0305. The summed E-state index contributed by atoms with van der Waals surface area (Å²) in [4.78, 5) is 32.2. The van der Waals surface area contributed by atoms with Crippen molar-refractivity contribution >= 4 is 44.8 Å². The Hall–Kier alpha value is -1.90. The van der Waals surface area contributed by atoms with Crippen molar-refractivity contribution in [1.82, 2.24) is 9.80 Å². The molecule has 0 saturated carbocycles. The number of hydrogen-bond acceptors (Lipinski definition) is 5. The summed E-state index contributed by atoms with van der Waals surface area (Å²) < 4.78 is 6.61. The van der Waals surface area contributed by atoms with Crippen molar-refractivity contribution in [1.29, 1.82) is 0 Å². The van der Waals surface area contributed by atoms with E-state index in [0.717, 1.165) is 42.2 Å². The van der Waals surface area contributed by atoms with Gasteiger partial charge in [-0.15, -0.1) is 11.3 Å². The van der Waals surface area contributed by atoms with E-state index in [4.69, 9.17) is 4.74 Å². The number of carbonyl (C=O) groups is 2. The van der Waals surface area contributed by atoms with Gasteiger partial charge in [0, 0.05) is 50.6 Å². The van der Waals surface area contributed by atoms with Crippen LogP contribution in [0, 0.1) is 0 Å². The zero-order valence-electron chi connectivity index (χ0n) is 15.5. The van der Waals surface area contributed by atoms with Crippen molar-refractivity contribution < 1.29 is 14.3 Å². The van der Waals surface area contributed by atoms with Crippen LogP contribution in [-0.2, 0) is 16.1 Å². The molecule has 2 amide bonds. The average Bonchev–Trinajstić information content (AvgIpc) is 3.12. The predicted molar refractivity (Wildman–Crippen MR) is 113 cm³/mol. The molecule has 0 N–H and O–H groups in total. The van der Waals surface area contributed by atoms with E-state index >= 15 is 0 Å². The van der Waals surface area contributed by atoms with Crippen LogP contribution in [-0.4, -0.2) is 60.9 Å². The number of benzene rings is 1. The van der Waals surface area contributed by atoms with Gasteiger partial charge < -0.3 is 14.5 Å². The van der Waals surface area contributed by atoms with Crippen LogP contribution in [0.15, 0.2) is 40.2 Å². The van der Waals surface area contributed by atoms with Gasteiger partial charge in [0.05, 0.1) is 9.47 Å². The molecule has 4 rings (SSSR count). The Kier molecular flexibility index (Phi) is 5.99. The summed E-state index contributed by atoms with van der Waals surface area (Å²) >= 11 is 5.26. The summed E-state index contributed by atoms with van der Waals surface area (Å²) in [7, 11) is 0. The molecule has 0 atom stereocenters. The SMILES string of the molecule is O=C(CCN1C(=O)COc2ccccc21)N1CCN(Cc2ccc(Br)s2)CC1. The molecule has 8 heteroatoms. The maximum Gasteiger partial charge on any atom is 0.265 e. The molecule has 2 aromatic rings. The molecule has 0 radical (unpaired) electrons. The van der Waals surface area contributed by atoms with Crippen LogP contribution < -0.4 is 9.64 Å². The van der Waals surface area contributed by atoms with Crippen molar-refractivity contribution in [3.8, 4) is 5.75 Å². The number of fused-ring (bicyclic) bond motifs is 1. The van der Waals surface area contributed by atoms with E-state index in [2.05, 4.69) is 33.0 Å². The number of halogens is 1. The molecule has 2 aliphatic heterocycles. The monoisotopic (exact) mass is 463 g/mol. The number of nitrogens with zero attached hydrogens (tertiary/aromatic N) is 3. The highest BCUT2D eigenvalue weighted by atomic mass is 79.9. The van der Waals surface area contributed by atoms with E-state index in [1.54, 1.807) is 16.2 Å². The first-order valence-corrected chi connectivity index (χ1v) is 11.0. The first-order chi connectivity index (χ1) is 13.6. The first kappa shape index (κ1) is 19.4. The van der Waals surface area contributed by atoms with E-state index in [1.807, 2.05) is 29.2 Å². The Balaban J connectivity index is 1.28. The van der Waals surface area contributed by atoms with Gasteiger partial charge >= 0.3 is 0 Å². The van der Waals surface area contributed by atoms with Crippen molar-refractivity contribution in [2.24, 2.45) is 0 Å². The summed E-state index contributed by atoms with van der Waals surface area (Å²) in [6.45, 7) is 4.57. The summed E-state index contributed by atoms with van der Waals surface area (Å²) in [5.41, 5.74) is 0.749. The van der Waals surface area contributed by atoms with Crippen LogP contribution >= 0.6 is 27.3 Å². The fourth-order valence-corrected chi connectivity index (χ4v) is 5.10. The zero-order chi connectivity index (χ0) is 19.5. The molecule has 0 bridgehead atoms. The summed E-state index contributed by atoms with van der Waals surface area (Å²) in [5.74, 6) is 0.706. The quantitative estimate of drug-likeness (QED) is 0.683. The van der Waals surface area contributed by atoms with Gasteiger partial charge in [0.2, 0.25) is 5.91 Å². The molecule has 1 saturated heterocycles. The molecule has 1 fully saturated rings. The number of carbonyl (C=O) groups excluding carboxylic acids is 2. The summed E-state index contributed by atoms with van der Waals surface area (Å²) in [6, 6.07) is 11.7. The normalized spacial score (nSPS) is 17.4. The third-order valence-electron chi connectivity index (χ3n) is 5.09. The Morgan fingerprint density at radius 3 is 2.64 bits per heavy atom. The lowest BCUT2D eigenvalue weighted by Crippen LogP contribution is -2.49. The van der Waals surface area contributed by atoms with E-state index in [9.17, 15) is 9.59 Å². The summed E-state index contributed by atoms with van der Waals surface area (Å²) in [5, 5.41) is 0. The second-order valence-corrected chi connectivity index (χ2v) is 9.46. The van der Waals surface area contributed by atoms with Gasteiger partial charge in [-0.3, -0.25) is 14.5 Å². The maximum absolute atomic E-state index is 12.7. The first-order valence-electron chi connectivity index (χ1n) is 9.37. The van der Waals surface area contributed by atoms with Gasteiger partial charge in [0.1, 0.15) is 5.75 Å². The highest BCUT2D eigenvalue weighted by Gasteiger charge is 2.27. The lowest BCUT2D eigenvalue weighted by Gasteiger charge is -2.35. The van der Waals surface area contributed by atoms with Crippen LogP contribution in [0.4, 0.5) is 5.69 Å². The molecule has 6 nitrogen and oxygen atoms in total. The third-order valence-corrected chi connectivity index (χ3v) is 6.70. The van der Waals surface area contributed by atoms with E-state index in [1.165, 1.54) is 4.88 Å². The Morgan fingerprint density at radius 2 is 1.89 bits per heavy atom. The predicted octanol–water partition coefficient (Wildman–Crippen LogP) is 2.97. The lowest BCUT2D eigenvalue weighted by atomic mass is 10.2. The van der Waals surface area contributed by atoms with E-state index in [-0.39, 0.29) is 18.4 Å². The molecule has 0 spiro atoms. The smallest absolute Gasteiger partial charge is 0.265 e. The van der Waals surface area contributed by atoms with Crippen molar-refractivity contribution in [2.45, 2.75) is 13.0 Å². The highest BCUT2D eigenvalue weighted by molar-refractivity contribution is 9.11. The topological polar surface area (TPSA) is 53.1 Å². The van der Waals surface area contributed by atoms with Crippen LogP contribution in [0.2, 0.25) is 0 Å². The Bertz CT molecular complexity index is 864. The van der Waals surface area contributed by atoms with Gasteiger partial charge in [0.25, 0.3) is 5.91 Å². The fourth-order valence-electron chi connectivity index (χ4n) is 3.58. The van der Waals surface area contributed by atoms with Crippen molar-refractivity contribution in [3.05, 3.63) is 45.1 Å². The highest BCUT2D eigenvalue weighted by Crippen LogP contribution is 2.31. The van der Waals surface area contributed by atoms with E-state index in [0.29, 0.717) is 18.7 Å². The van der Waals surface area contributed by atoms with E-state index < -0.39 is 0 Å². The molecule has 1 aromatic heterocycles. The molecular formula is C20H22BrN3O3S. The van der Waals surface area contributed by atoms with Gasteiger partial charge in [-0.25, -0.2) is 0 Å². The number of para-hydroxylation sites is 2. The second kappa shape index (κ2) is 8.63. The van der Waals surface area contributed by atoms with Crippen LogP contribution in [0.5, 0.6) is 5.75 Å². The maximum atomic E-state index is 12.7. The number of anilines is 1. The van der Waals surface area contributed by atoms with Crippen LogP contribution in [0.3, 0.4) is 0 Å². The molecule has 1 aromatic carbocycles. The van der Waals surface area contributed by atoms with Gasteiger partial charge in [-0.1, -0.05) is 12.1 Å². The number of thiophene rings is 1. The van der Waals surface area contributed by atoms with Crippen LogP contribution in [0.1, 0.15) is 11.3 Å². The molecular weight excluding hydrogens is 442 g/mol. The second-order valence-electron chi connectivity index (χ2n) is 6.91. The molecule has 2 aliphatic rings. The standard InChI is InChI=1S/C20H22BrN3O3S/c21-18-6-5-15(28-18)13-22-9-11-23(12-10-22)19(25)7-8-24-16-3-1-2-4-17(16)27-14-20(24)26/h1-6H,7-14H2. The molecule has 3 heterocycles. The Morgan fingerprint density at radius 1 is 1.11 bits per heavy atom. The van der Waals surface area contributed by atoms with Crippen molar-refractivity contribution in [3.63, 3.8) is 0 Å². The minimum Gasteiger partial charge on any atom is -0.482 e. The lowest BCUT2D eigenvalue weighted by molar-refractivity contribution is -0.132. The summed E-state index contributed by atoms with van der Waals surface area (Å²) in [6.07, 6.45) is 0.331. The molecule has 0 aliphatic carbocycles. The number of amides is 2. The number of hydrogen-bond donors (Lipinski definition) is 0. The van der Waals surface area contributed by atoms with Crippen LogP contribution in [0.25, 0.3) is 0 Å². The largest absolute Gasteiger partial charge is 0.482 e. The Labute approximate surface area is 176 Å². The fraction of sp³-hybridized carbons (Fsp3) is 0.400. The van der Waals surface area contributed by atoms with Crippen molar-refractivity contribution in [2.75, 3.05) is 44.2 Å². The number of piperazine rings is 1. The average molecular weight is 464 g/mol. The van der Waals surface area contributed by atoms with Gasteiger partial charge in [0.15, 0.2) is 6.61 Å². The minimum atomic E-state index is -0.0987. The molecule has 0 unspecified atom stereocenters. The van der Waals surface area contributed by atoms with Gasteiger partial charge in [-0.2, -0.15) is 0 Å². The molecule has 148 valence electrons. The number of ether oxygens (including phenoxy) is 1.